The molecule has 0 unspecified atom stereocenters. The third kappa shape index (κ3) is 3.03. The van der Waals surface area contributed by atoms with Crippen LogP contribution in [0.3, 0.4) is 0 Å². The number of anilines is 1. The molecule has 4 nitrogen and oxygen atoms in total. The second-order valence-electron chi connectivity index (χ2n) is 4.61. The normalized spacial score (nSPS) is 14.1. The average molecular weight is 257 g/mol. The molecule has 0 saturated carbocycles. The number of aliphatic hydroxyl groups excluding tert-OH is 1. The minimum atomic E-state index is 0.152. The zero-order chi connectivity index (χ0) is 13.8. The van der Waals surface area contributed by atoms with Crippen molar-refractivity contribution in [3.8, 4) is 0 Å². The van der Waals surface area contributed by atoms with Crippen LogP contribution in [0.4, 0.5) is 5.69 Å². The van der Waals surface area contributed by atoms with Crippen LogP contribution in [-0.2, 0) is 0 Å². The highest BCUT2D eigenvalue weighted by Crippen LogP contribution is 2.21. The van der Waals surface area contributed by atoms with Crippen LogP contribution < -0.4 is 10.3 Å². The molecular weight excluding hydrogens is 238 g/mol. The smallest absolute Gasteiger partial charge is 0.0906 e. The molecule has 1 aliphatic rings. The first-order valence-electron chi connectivity index (χ1n) is 6.25. The van der Waals surface area contributed by atoms with Crippen molar-refractivity contribution in [3.05, 3.63) is 53.8 Å². The molecule has 19 heavy (non-hydrogen) atoms. The lowest BCUT2D eigenvalue weighted by atomic mass is 10.0. The van der Waals surface area contributed by atoms with Crippen LogP contribution >= 0.6 is 0 Å². The van der Waals surface area contributed by atoms with E-state index in [1.54, 1.807) is 0 Å². The van der Waals surface area contributed by atoms with Gasteiger partial charge in [-0.25, -0.2) is 0 Å². The first-order chi connectivity index (χ1) is 9.11. The molecule has 1 heterocycles. The topological polar surface area (TPSA) is 47.9 Å². The molecule has 2 N–H and O–H groups in total. The Bertz CT molecular complexity index is 546. The van der Waals surface area contributed by atoms with Gasteiger partial charge in [0.05, 0.1) is 12.3 Å². The summed E-state index contributed by atoms with van der Waals surface area (Å²) in [6.45, 7) is 6.62. The highest BCUT2D eigenvalue weighted by Gasteiger charge is 2.09. The van der Waals surface area contributed by atoms with E-state index in [4.69, 9.17) is 5.11 Å². The summed E-state index contributed by atoms with van der Waals surface area (Å²) in [5, 5.41) is 13.2. The third-order valence-electron chi connectivity index (χ3n) is 3.10. The van der Waals surface area contributed by atoms with Crippen molar-refractivity contribution in [1.82, 2.24) is 5.43 Å². The minimum absolute atomic E-state index is 0.152. The van der Waals surface area contributed by atoms with Gasteiger partial charge in [-0.3, -0.25) is 5.43 Å². The monoisotopic (exact) mass is 257 g/mol. The van der Waals surface area contributed by atoms with Crippen molar-refractivity contribution in [2.24, 2.45) is 5.10 Å². The summed E-state index contributed by atoms with van der Waals surface area (Å²) in [7, 11) is 1.97. The van der Waals surface area contributed by atoms with Gasteiger partial charge in [0.15, 0.2) is 0 Å². The largest absolute Gasteiger partial charge is 0.395 e. The van der Waals surface area contributed by atoms with E-state index in [9.17, 15) is 0 Å². The molecule has 2 rings (SSSR count). The molecule has 100 valence electrons. The second-order valence-corrected chi connectivity index (χ2v) is 4.61. The molecule has 0 bridgehead atoms. The fourth-order valence-corrected chi connectivity index (χ4v) is 2.06. The van der Waals surface area contributed by atoms with Crippen LogP contribution in [0.25, 0.3) is 0 Å². The Labute approximate surface area is 113 Å². The van der Waals surface area contributed by atoms with Gasteiger partial charge in [0.25, 0.3) is 0 Å². The Hall–Kier alpha value is -2.07. The van der Waals surface area contributed by atoms with Gasteiger partial charge >= 0.3 is 0 Å². The summed E-state index contributed by atoms with van der Waals surface area (Å²) in [6, 6.07) is 6.19. The van der Waals surface area contributed by atoms with Gasteiger partial charge in [-0.1, -0.05) is 12.6 Å². The van der Waals surface area contributed by atoms with Gasteiger partial charge in [0.1, 0.15) is 0 Å². The van der Waals surface area contributed by atoms with Crippen LogP contribution in [0.5, 0.6) is 0 Å². The van der Waals surface area contributed by atoms with Crippen LogP contribution in [0.1, 0.15) is 11.1 Å². The molecule has 0 atom stereocenters. The molecule has 0 aromatic heterocycles. The summed E-state index contributed by atoms with van der Waals surface area (Å²) in [6.07, 6.45) is 3.86. The molecular formula is C15H19N3O. The highest BCUT2D eigenvalue weighted by molar-refractivity contribution is 6.09. The lowest BCUT2D eigenvalue weighted by Crippen LogP contribution is -2.22. The van der Waals surface area contributed by atoms with Gasteiger partial charge < -0.3 is 10.0 Å². The van der Waals surface area contributed by atoms with Crippen LogP contribution in [-0.4, -0.2) is 31.0 Å². The zero-order valence-electron chi connectivity index (χ0n) is 11.3. The molecule has 0 fully saturated rings. The predicted molar refractivity (Wildman–Crippen MR) is 79.5 cm³/mol. The summed E-state index contributed by atoms with van der Waals surface area (Å²) in [4.78, 5) is 2.04. The number of aryl methyl sites for hydroxylation is 1. The SMILES string of the molecule is C=C1C=CC(c2ccc(N(C)CCO)c(C)c2)=NN1. The fourth-order valence-electron chi connectivity index (χ4n) is 2.06. The highest BCUT2D eigenvalue weighted by atomic mass is 16.3. The predicted octanol–water partition coefficient (Wildman–Crippen LogP) is 1.80. The maximum absolute atomic E-state index is 8.99. The molecule has 0 spiro atoms. The number of rotatable bonds is 4. The quantitative estimate of drug-likeness (QED) is 0.864. The Kier molecular flexibility index (Phi) is 4.02. The first-order valence-corrected chi connectivity index (χ1v) is 6.25. The van der Waals surface area contributed by atoms with Gasteiger partial charge in [0, 0.05) is 30.5 Å². The van der Waals surface area contributed by atoms with Gasteiger partial charge in [-0.15, -0.1) is 0 Å². The molecule has 0 aliphatic carbocycles. The number of hydrazone groups is 1. The second kappa shape index (κ2) is 5.71. The Morgan fingerprint density at radius 3 is 2.74 bits per heavy atom. The van der Waals surface area contributed by atoms with E-state index in [0.717, 1.165) is 28.2 Å². The molecule has 0 amide bonds. The van der Waals surface area contributed by atoms with Gasteiger partial charge in [0.2, 0.25) is 0 Å². The lowest BCUT2D eigenvalue weighted by Gasteiger charge is -2.21. The Morgan fingerprint density at radius 1 is 1.37 bits per heavy atom. The van der Waals surface area contributed by atoms with Crippen molar-refractivity contribution >= 4 is 11.4 Å². The molecule has 1 aliphatic heterocycles. The van der Waals surface area contributed by atoms with E-state index in [2.05, 4.69) is 36.2 Å². The van der Waals surface area contributed by atoms with Crippen LogP contribution in [0.15, 0.2) is 47.7 Å². The summed E-state index contributed by atoms with van der Waals surface area (Å²) < 4.78 is 0. The average Bonchev–Trinajstić information content (AvgIpc) is 2.39. The van der Waals surface area contributed by atoms with Gasteiger partial charge in [-0.05, 0) is 36.8 Å². The van der Waals surface area contributed by atoms with E-state index in [-0.39, 0.29) is 6.61 Å². The maximum Gasteiger partial charge on any atom is 0.0906 e. The number of likely N-dealkylation sites (N-methyl/N-ethyl adjacent to an activating group) is 1. The number of hydrogen-bond acceptors (Lipinski definition) is 4. The van der Waals surface area contributed by atoms with E-state index >= 15 is 0 Å². The van der Waals surface area contributed by atoms with E-state index in [0.29, 0.717) is 6.54 Å². The number of benzene rings is 1. The fraction of sp³-hybridized carbons (Fsp3) is 0.267. The van der Waals surface area contributed by atoms with Crippen molar-refractivity contribution in [2.75, 3.05) is 25.1 Å². The van der Waals surface area contributed by atoms with Crippen molar-refractivity contribution in [2.45, 2.75) is 6.92 Å². The van der Waals surface area contributed by atoms with Gasteiger partial charge in [-0.2, -0.15) is 5.10 Å². The van der Waals surface area contributed by atoms with E-state index < -0.39 is 0 Å². The number of allylic oxidation sites excluding steroid dienone is 2. The van der Waals surface area contributed by atoms with E-state index in [1.807, 2.05) is 30.2 Å². The van der Waals surface area contributed by atoms with Crippen molar-refractivity contribution in [3.63, 3.8) is 0 Å². The van der Waals surface area contributed by atoms with Crippen molar-refractivity contribution in [1.29, 1.82) is 0 Å². The third-order valence-corrected chi connectivity index (χ3v) is 3.10. The molecule has 0 saturated heterocycles. The molecule has 4 heteroatoms. The standard InChI is InChI=1S/C15H19N3O/c1-11-10-13(14-6-4-12(2)16-17-14)5-7-15(11)18(3)8-9-19/h4-7,10,16,19H,2,8-9H2,1,3H3. The van der Waals surface area contributed by atoms with Crippen LogP contribution in [0.2, 0.25) is 0 Å². The minimum Gasteiger partial charge on any atom is -0.395 e. The van der Waals surface area contributed by atoms with E-state index in [1.165, 1.54) is 0 Å². The molecule has 1 aromatic carbocycles. The summed E-state index contributed by atoms with van der Waals surface area (Å²) in [5.41, 5.74) is 7.90. The Balaban J connectivity index is 2.24. The Morgan fingerprint density at radius 2 is 2.16 bits per heavy atom. The zero-order valence-corrected chi connectivity index (χ0v) is 11.3. The lowest BCUT2D eigenvalue weighted by molar-refractivity contribution is 0.304. The maximum atomic E-state index is 8.99. The number of hydrogen-bond donors (Lipinski definition) is 2. The van der Waals surface area contributed by atoms with Crippen LogP contribution in [0, 0.1) is 6.92 Å². The first kappa shape index (κ1) is 13.4. The number of aliphatic hydroxyl groups is 1. The summed E-state index contributed by atoms with van der Waals surface area (Å²) in [5.74, 6) is 0. The van der Waals surface area contributed by atoms with Crippen molar-refractivity contribution < 1.29 is 5.11 Å². The molecule has 0 radical (unpaired) electrons. The summed E-state index contributed by atoms with van der Waals surface area (Å²) >= 11 is 0. The number of nitrogens with one attached hydrogen (secondary N) is 1. The number of nitrogens with zero attached hydrogens (tertiary/aromatic N) is 2. The molecule has 1 aromatic rings.